The molecule has 0 spiro atoms. The van der Waals surface area contributed by atoms with Crippen molar-refractivity contribution < 1.29 is 17.4 Å². The van der Waals surface area contributed by atoms with Crippen molar-refractivity contribution in [3.63, 3.8) is 0 Å². The molecule has 6 nitrogen and oxygen atoms in total. The quantitative estimate of drug-likeness (QED) is 0.497. The second-order valence-corrected chi connectivity index (χ2v) is 5.32. The third kappa shape index (κ3) is 2.65. The van der Waals surface area contributed by atoms with E-state index in [0.717, 1.165) is 12.4 Å². The summed E-state index contributed by atoms with van der Waals surface area (Å²) in [4.78, 5) is 6.62. The summed E-state index contributed by atoms with van der Waals surface area (Å²) in [6.45, 7) is 0. The minimum atomic E-state index is -4.42. The first-order chi connectivity index (χ1) is 8.80. The van der Waals surface area contributed by atoms with E-state index in [-0.39, 0.29) is 16.4 Å². The average molecular weight is 304 g/mol. The lowest BCUT2D eigenvalue weighted by Gasteiger charge is -2.07. The van der Waals surface area contributed by atoms with Gasteiger partial charge in [0.05, 0.1) is 11.4 Å². The Morgan fingerprint density at radius 3 is 2.58 bits per heavy atom. The number of nitrogens with two attached hydrogens (primary N) is 1. The lowest BCUT2D eigenvalue weighted by atomic mass is 10.1. The zero-order valence-electron chi connectivity index (χ0n) is 9.21. The van der Waals surface area contributed by atoms with Gasteiger partial charge in [-0.05, 0) is 12.1 Å². The summed E-state index contributed by atoms with van der Waals surface area (Å²) in [7, 11) is -4.42. The molecule has 1 heterocycles. The fourth-order valence-corrected chi connectivity index (χ4v) is 2.28. The second-order valence-electron chi connectivity index (χ2n) is 3.55. The molecule has 0 aliphatic heterocycles. The predicted octanol–water partition coefficient (Wildman–Crippen LogP) is 1.76. The van der Waals surface area contributed by atoms with Crippen molar-refractivity contribution >= 4 is 27.4 Å². The third-order valence-corrected chi connectivity index (χ3v) is 3.57. The molecule has 1 aromatic heterocycles. The van der Waals surface area contributed by atoms with Crippen molar-refractivity contribution in [3.8, 4) is 11.3 Å². The van der Waals surface area contributed by atoms with Crippen LogP contribution in [0.5, 0.6) is 0 Å². The standard InChI is InChI=1S/C10H7ClFN3O3S/c11-8-9(14-4-15-10(8)12)5-1-2-7(6(13)3-5)19(16,17)18/h1-4H,13H2,(H,16,17,18). The number of rotatable bonds is 2. The molecule has 0 amide bonds. The van der Waals surface area contributed by atoms with Crippen LogP contribution in [0.25, 0.3) is 11.3 Å². The van der Waals surface area contributed by atoms with Crippen LogP contribution in [0, 0.1) is 5.95 Å². The summed E-state index contributed by atoms with van der Waals surface area (Å²) in [5, 5.41) is -0.304. The molecule has 2 aromatic rings. The molecule has 3 N–H and O–H groups in total. The Bertz CT molecular complexity index is 752. The zero-order chi connectivity index (χ0) is 14.2. The SMILES string of the molecule is Nc1cc(-c2ncnc(F)c2Cl)ccc1S(=O)(=O)O. The maximum absolute atomic E-state index is 13.2. The Kier molecular flexibility index (Phi) is 3.40. The topological polar surface area (TPSA) is 106 Å². The number of nitrogen functional groups attached to an aromatic ring is 1. The van der Waals surface area contributed by atoms with Gasteiger partial charge in [-0.15, -0.1) is 0 Å². The summed E-state index contributed by atoms with van der Waals surface area (Å²) in [5.74, 6) is -0.899. The molecule has 0 fully saturated rings. The first-order valence-electron chi connectivity index (χ1n) is 4.84. The van der Waals surface area contributed by atoms with Crippen LogP contribution in [0.3, 0.4) is 0 Å². The van der Waals surface area contributed by atoms with Crippen LogP contribution in [0.15, 0.2) is 29.4 Å². The van der Waals surface area contributed by atoms with Crippen LogP contribution < -0.4 is 5.73 Å². The molecule has 1 aromatic carbocycles. The molecule has 2 rings (SSSR count). The van der Waals surface area contributed by atoms with Gasteiger partial charge >= 0.3 is 0 Å². The predicted molar refractivity (Wildman–Crippen MR) is 66.7 cm³/mol. The highest BCUT2D eigenvalue weighted by atomic mass is 35.5. The molecule has 0 saturated carbocycles. The van der Waals surface area contributed by atoms with Crippen LogP contribution >= 0.6 is 11.6 Å². The molecule has 0 aliphatic rings. The van der Waals surface area contributed by atoms with Crippen molar-refractivity contribution in [1.82, 2.24) is 9.97 Å². The number of aromatic nitrogens is 2. The minimum Gasteiger partial charge on any atom is -0.398 e. The minimum absolute atomic E-state index is 0.0720. The molecule has 100 valence electrons. The Balaban J connectivity index is 2.60. The van der Waals surface area contributed by atoms with Crippen LogP contribution in [0.1, 0.15) is 0 Å². The zero-order valence-corrected chi connectivity index (χ0v) is 10.8. The number of anilines is 1. The van der Waals surface area contributed by atoms with Crippen molar-refractivity contribution in [1.29, 1.82) is 0 Å². The molecule has 0 saturated heterocycles. The Morgan fingerprint density at radius 1 is 1.32 bits per heavy atom. The highest BCUT2D eigenvalue weighted by molar-refractivity contribution is 7.86. The smallest absolute Gasteiger partial charge is 0.296 e. The maximum atomic E-state index is 13.2. The van der Waals surface area contributed by atoms with Gasteiger partial charge in [-0.25, -0.2) is 9.97 Å². The van der Waals surface area contributed by atoms with E-state index in [1.165, 1.54) is 12.1 Å². The lowest BCUT2D eigenvalue weighted by molar-refractivity contribution is 0.483. The lowest BCUT2D eigenvalue weighted by Crippen LogP contribution is -2.03. The molecular formula is C10H7ClFN3O3S. The Labute approximate surface area is 112 Å². The summed E-state index contributed by atoms with van der Waals surface area (Å²) >= 11 is 5.70. The number of nitrogens with zero attached hydrogens (tertiary/aromatic N) is 2. The van der Waals surface area contributed by atoms with Crippen molar-refractivity contribution in [2.24, 2.45) is 0 Å². The van der Waals surface area contributed by atoms with Gasteiger partial charge in [-0.1, -0.05) is 17.7 Å². The van der Waals surface area contributed by atoms with E-state index in [4.69, 9.17) is 21.9 Å². The summed E-state index contributed by atoms with van der Waals surface area (Å²) in [6.07, 6.45) is 0.976. The normalized spacial score (nSPS) is 11.5. The van der Waals surface area contributed by atoms with E-state index in [1.807, 2.05) is 0 Å². The summed E-state index contributed by atoms with van der Waals surface area (Å²) < 4.78 is 44.1. The molecule has 0 aliphatic carbocycles. The first-order valence-corrected chi connectivity index (χ1v) is 6.66. The van der Waals surface area contributed by atoms with Crippen molar-refractivity contribution in [2.45, 2.75) is 4.90 Å². The molecular weight excluding hydrogens is 297 g/mol. The Hall–Kier alpha value is -1.77. The third-order valence-electron chi connectivity index (χ3n) is 2.31. The van der Waals surface area contributed by atoms with Gasteiger partial charge in [0.1, 0.15) is 16.2 Å². The van der Waals surface area contributed by atoms with Gasteiger partial charge in [0.15, 0.2) is 0 Å². The first kappa shape index (κ1) is 13.7. The number of benzene rings is 1. The van der Waals surface area contributed by atoms with E-state index in [9.17, 15) is 12.8 Å². The van der Waals surface area contributed by atoms with Crippen LogP contribution in [0.2, 0.25) is 5.02 Å². The fourth-order valence-electron chi connectivity index (χ4n) is 1.48. The van der Waals surface area contributed by atoms with E-state index in [1.54, 1.807) is 0 Å². The van der Waals surface area contributed by atoms with E-state index >= 15 is 0 Å². The summed E-state index contributed by atoms with van der Waals surface area (Å²) in [6, 6.07) is 3.60. The molecule has 0 bridgehead atoms. The largest absolute Gasteiger partial charge is 0.398 e. The maximum Gasteiger partial charge on any atom is 0.296 e. The molecule has 0 atom stereocenters. The van der Waals surface area contributed by atoms with E-state index in [2.05, 4.69) is 9.97 Å². The van der Waals surface area contributed by atoms with Crippen LogP contribution in [-0.4, -0.2) is 22.9 Å². The van der Waals surface area contributed by atoms with Crippen molar-refractivity contribution in [3.05, 3.63) is 35.5 Å². The highest BCUT2D eigenvalue weighted by Crippen LogP contribution is 2.30. The Morgan fingerprint density at radius 2 is 2.00 bits per heavy atom. The van der Waals surface area contributed by atoms with Gasteiger partial charge in [0.25, 0.3) is 10.1 Å². The molecule has 0 unspecified atom stereocenters. The number of hydrogen-bond donors (Lipinski definition) is 2. The molecule has 0 radical (unpaired) electrons. The van der Waals surface area contributed by atoms with Gasteiger partial charge < -0.3 is 5.73 Å². The monoisotopic (exact) mass is 303 g/mol. The van der Waals surface area contributed by atoms with Gasteiger partial charge in [-0.3, -0.25) is 4.55 Å². The molecule has 19 heavy (non-hydrogen) atoms. The fraction of sp³-hybridized carbons (Fsp3) is 0. The van der Waals surface area contributed by atoms with E-state index < -0.39 is 21.0 Å². The van der Waals surface area contributed by atoms with Gasteiger partial charge in [0, 0.05) is 5.56 Å². The van der Waals surface area contributed by atoms with Crippen LogP contribution in [0.4, 0.5) is 10.1 Å². The highest BCUT2D eigenvalue weighted by Gasteiger charge is 2.16. The molecule has 9 heteroatoms. The van der Waals surface area contributed by atoms with Gasteiger partial charge in [0.2, 0.25) is 5.95 Å². The number of hydrogen-bond acceptors (Lipinski definition) is 5. The summed E-state index contributed by atoms with van der Waals surface area (Å²) in [5.41, 5.74) is 5.69. The van der Waals surface area contributed by atoms with Gasteiger partial charge in [-0.2, -0.15) is 12.8 Å². The number of halogens is 2. The van der Waals surface area contributed by atoms with Crippen LogP contribution in [-0.2, 0) is 10.1 Å². The second kappa shape index (κ2) is 4.72. The van der Waals surface area contributed by atoms with E-state index in [0.29, 0.717) is 5.56 Å². The van der Waals surface area contributed by atoms with Crippen molar-refractivity contribution in [2.75, 3.05) is 5.73 Å². The average Bonchev–Trinajstić information content (AvgIpc) is 2.31.